The lowest BCUT2D eigenvalue weighted by Crippen LogP contribution is -2.15. The summed E-state index contributed by atoms with van der Waals surface area (Å²) in [5.74, 6) is -0.652. The Balaban J connectivity index is 3.30. The Morgan fingerprint density at radius 2 is 1.88 bits per heavy atom. The van der Waals surface area contributed by atoms with Crippen molar-refractivity contribution in [3.05, 3.63) is 23.2 Å². The normalized spacial score (nSPS) is 12.1. The van der Waals surface area contributed by atoms with E-state index in [1.54, 1.807) is 0 Å². The molecule has 1 heterocycles. The average molecular weight is 242 g/mol. The molecule has 0 aromatic carbocycles. The van der Waals surface area contributed by atoms with Crippen molar-refractivity contribution >= 4 is 5.97 Å². The maximum atomic E-state index is 10.9. The van der Waals surface area contributed by atoms with Crippen molar-refractivity contribution in [2.45, 2.75) is 32.5 Å². The lowest BCUT2D eigenvalue weighted by Gasteiger charge is -2.20. The number of aromatic carboxylic acids is 1. The van der Waals surface area contributed by atoms with Crippen LogP contribution in [0.4, 0.5) is 0 Å². The highest BCUT2D eigenvalue weighted by atomic mass is 16.7. The third-order valence-corrected chi connectivity index (χ3v) is 2.33. The van der Waals surface area contributed by atoms with Gasteiger partial charge < -0.3 is 19.0 Å². The smallest absolute Gasteiger partial charge is 0.371 e. The summed E-state index contributed by atoms with van der Waals surface area (Å²) in [6, 6.07) is 1.45. The lowest BCUT2D eigenvalue weighted by atomic mass is 9.90. The monoisotopic (exact) mass is 242 g/mol. The number of rotatable bonds is 4. The molecule has 0 saturated carbocycles. The fourth-order valence-corrected chi connectivity index (χ4v) is 1.62. The minimum absolute atomic E-state index is 0.107. The Hall–Kier alpha value is -1.33. The molecule has 0 spiro atoms. The summed E-state index contributed by atoms with van der Waals surface area (Å²) in [5, 5.41) is 8.94. The van der Waals surface area contributed by atoms with Gasteiger partial charge in [0.05, 0.1) is 5.56 Å². The van der Waals surface area contributed by atoms with Gasteiger partial charge in [-0.3, -0.25) is 0 Å². The second-order valence-corrected chi connectivity index (χ2v) is 4.75. The molecule has 0 aliphatic heterocycles. The van der Waals surface area contributed by atoms with E-state index in [2.05, 4.69) is 0 Å². The summed E-state index contributed by atoms with van der Waals surface area (Å²) >= 11 is 0. The van der Waals surface area contributed by atoms with Gasteiger partial charge in [-0.1, -0.05) is 20.8 Å². The second-order valence-electron chi connectivity index (χ2n) is 4.75. The van der Waals surface area contributed by atoms with E-state index in [9.17, 15) is 4.79 Å². The van der Waals surface area contributed by atoms with Crippen LogP contribution in [0.5, 0.6) is 0 Å². The Labute approximate surface area is 100 Å². The molecule has 1 rings (SSSR count). The van der Waals surface area contributed by atoms with Crippen molar-refractivity contribution in [3.63, 3.8) is 0 Å². The highest BCUT2D eigenvalue weighted by Crippen LogP contribution is 2.34. The Bertz CT molecular complexity index is 396. The van der Waals surface area contributed by atoms with Crippen LogP contribution in [-0.4, -0.2) is 25.3 Å². The van der Waals surface area contributed by atoms with Gasteiger partial charge in [-0.25, -0.2) is 4.79 Å². The predicted molar refractivity (Wildman–Crippen MR) is 61.1 cm³/mol. The molecule has 1 aromatic heterocycles. The molecule has 0 fully saturated rings. The molecule has 5 nitrogen and oxygen atoms in total. The first-order valence-electron chi connectivity index (χ1n) is 5.24. The van der Waals surface area contributed by atoms with Gasteiger partial charge in [0.1, 0.15) is 5.76 Å². The zero-order chi connectivity index (χ0) is 13.2. The minimum Gasteiger partial charge on any atom is -0.475 e. The molecule has 0 unspecified atom stereocenters. The fourth-order valence-electron chi connectivity index (χ4n) is 1.62. The highest BCUT2D eigenvalue weighted by molar-refractivity contribution is 5.84. The summed E-state index contributed by atoms with van der Waals surface area (Å²) in [6.45, 7) is 5.80. The lowest BCUT2D eigenvalue weighted by molar-refractivity contribution is -0.107. The molecule has 0 saturated heterocycles. The van der Waals surface area contributed by atoms with E-state index in [4.69, 9.17) is 19.0 Å². The van der Waals surface area contributed by atoms with Gasteiger partial charge in [0.25, 0.3) is 0 Å². The molecule has 1 aromatic rings. The Kier molecular flexibility index (Phi) is 3.95. The molecule has 0 amide bonds. The van der Waals surface area contributed by atoms with Gasteiger partial charge >= 0.3 is 5.97 Å². The largest absolute Gasteiger partial charge is 0.475 e. The van der Waals surface area contributed by atoms with Crippen LogP contribution in [0.25, 0.3) is 0 Å². The first-order valence-corrected chi connectivity index (χ1v) is 5.24. The van der Waals surface area contributed by atoms with E-state index in [1.807, 2.05) is 20.8 Å². The van der Waals surface area contributed by atoms with Crippen LogP contribution in [0.3, 0.4) is 0 Å². The molecule has 96 valence electrons. The second kappa shape index (κ2) is 4.89. The van der Waals surface area contributed by atoms with Crippen molar-refractivity contribution in [3.8, 4) is 0 Å². The van der Waals surface area contributed by atoms with Gasteiger partial charge in [-0.05, 0) is 0 Å². The molecule has 0 aliphatic rings. The van der Waals surface area contributed by atoms with Gasteiger partial charge in [-0.15, -0.1) is 0 Å². The average Bonchev–Trinajstić information content (AvgIpc) is 2.64. The summed E-state index contributed by atoms with van der Waals surface area (Å²) in [6.07, 6.45) is -0.624. The number of furan rings is 1. The molecule has 0 bridgehead atoms. The topological polar surface area (TPSA) is 68.9 Å². The number of methoxy groups -OCH3 is 2. The van der Waals surface area contributed by atoms with E-state index < -0.39 is 12.3 Å². The third kappa shape index (κ3) is 2.87. The van der Waals surface area contributed by atoms with Crippen LogP contribution in [0, 0.1) is 0 Å². The number of carboxylic acid groups (broad SMARTS) is 1. The summed E-state index contributed by atoms with van der Waals surface area (Å²) in [7, 11) is 2.99. The maximum Gasteiger partial charge on any atom is 0.371 e. The number of hydrogen-bond donors (Lipinski definition) is 1. The first-order chi connectivity index (χ1) is 7.81. The zero-order valence-corrected chi connectivity index (χ0v) is 10.7. The zero-order valence-electron chi connectivity index (χ0n) is 10.7. The third-order valence-electron chi connectivity index (χ3n) is 2.33. The summed E-state index contributed by atoms with van der Waals surface area (Å²) in [4.78, 5) is 10.9. The van der Waals surface area contributed by atoms with Crippen LogP contribution in [0.2, 0.25) is 0 Å². The number of carbonyl (C=O) groups is 1. The van der Waals surface area contributed by atoms with Crippen molar-refractivity contribution in [1.82, 2.24) is 0 Å². The quantitative estimate of drug-likeness (QED) is 0.822. The van der Waals surface area contributed by atoms with E-state index in [0.717, 1.165) is 0 Å². The van der Waals surface area contributed by atoms with Crippen LogP contribution in [-0.2, 0) is 14.9 Å². The van der Waals surface area contributed by atoms with Gasteiger partial charge in [-0.2, -0.15) is 0 Å². The van der Waals surface area contributed by atoms with Gasteiger partial charge in [0.2, 0.25) is 5.76 Å². The van der Waals surface area contributed by atoms with E-state index in [0.29, 0.717) is 11.3 Å². The standard InChI is InChI=1S/C12H18O5/c1-12(2,3)9-7(11(15-4)16-5)6-8(17-9)10(13)14/h6,11H,1-5H3,(H,13,14). The van der Waals surface area contributed by atoms with Gasteiger partial charge in [0, 0.05) is 25.7 Å². The predicted octanol–water partition coefficient (Wildman–Crippen LogP) is 2.57. The van der Waals surface area contributed by atoms with Crippen molar-refractivity contribution in [1.29, 1.82) is 0 Å². The Morgan fingerprint density at radius 1 is 1.35 bits per heavy atom. The molecule has 0 aliphatic carbocycles. The Morgan fingerprint density at radius 3 is 2.24 bits per heavy atom. The van der Waals surface area contributed by atoms with E-state index in [-0.39, 0.29) is 11.2 Å². The molecule has 0 radical (unpaired) electrons. The number of ether oxygens (including phenoxy) is 2. The molecule has 1 N–H and O–H groups in total. The number of hydrogen-bond acceptors (Lipinski definition) is 4. The summed E-state index contributed by atoms with van der Waals surface area (Å²) in [5.41, 5.74) is 0.290. The molecular weight excluding hydrogens is 224 g/mol. The molecule has 17 heavy (non-hydrogen) atoms. The van der Waals surface area contributed by atoms with Crippen LogP contribution >= 0.6 is 0 Å². The fraction of sp³-hybridized carbons (Fsp3) is 0.583. The van der Waals surface area contributed by atoms with Crippen molar-refractivity contribution in [2.24, 2.45) is 0 Å². The van der Waals surface area contributed by atoms with Crippen molar-refractivity contribution < 1.29 is 23.8 Å². The molecular formula is C12H18O5. The van der Waals surface area contributed by atoms with Crippen molar-refractivity contribution in [2.75, 3.05) is 14.2 Å². The first kappa shape index (κ1) is 13.7. The molecule has 5 heteroatoms. The van der Waals surface area contributed by atoms with E-state index in [1.165, 1.54) is 20.3 Å². The SMILES string of the molecule is COC(OC)c1cc(C(=O)O)oc1C(C)(C)C. The number of carboxylic acids is 1. The minimum atomic E-state index is -1.10. The van der Waals surface area contributed by atoms with Crippen LogP contribution in [0.15, 0.2) is 10.5 Å². The maximum absolute atomic E-state index is 10.9. The van der Waals surface area contributed by atoms with Crippen LogP contribution in [0.1, 0.15) is 48.9 Å². The van der Waals surface area contributed by atoms with Crippen LogP contribution < -0.4 is 0 Å². The summed E-state index contributed by atoms with van der Waals surface area (Å²) < 4.78 is 15.6. The van der Waals surface area contributed by atoms with E-state index >= 15 is 0 Å². The highest BCUT2D eigenvalue weighted by Gasteiger charge is 2.29. The van der Waals surface area contributed by atoms with Gasteiger partial charge in [0.15, 0.2) is 6.29 Å². The molecule has 0 atom stereocenters.